The summed E-state index contributed by atoms with van der Waals surface area (Å²) in [4.78, 5) is 5.17. The van der Waals surface area contributed by atoms with E-state index >= 15 is 0 Å². The molecule has 4 rings (SSSR count). The Hall–Kier alpha value is -2.70. The van der Waals surface area contributed by atoms with E-state index in [9.17, 15) is 13.5 Å². The molecule has 0 aliphatic heterocycles. The average Bonchev–Trinajstić information content (AvgIpc) is 2.82. The third kappa shape index (κ3) is 6.07. The molecule has 0 bridgehead atoms. The summed E-state index contributed by atoms with van der Waals surface area (Å²) in [7, 11) is -3.74. The van der Waals surface area contributed by atoms with Crippen LogP contribution in [-0.4, -0.2) is 31.8 Å². The summed E-state index contributed by atoms with van der Waals surface area (Å²) in [6, 6.07) is 16.5. The van der Waals surface area contributed by atoms with Gasteiger partial charge in [-0.25, -0.2) is 13.1 Å². The van der Waals surface area contributed by atoms with Crippen molar-refractivity contribution < 1.29 is 13.5 Å². The highest BCUT2D eigenvalue weighted by Gasteiger charge is 2.30. The zero-order valence-electron chi connectivity index (χ0n) is 22.9. The molecule has 3 aromatic rings. The molecule has 198 valence electrons. The largest absolute Gasteiger partial charge is 0.507 e. The van der Waals surface area contributed by atoms with Crippen molar-refractivity contribution in [3.63, 3.8) is 0 Å². The summed E-state index contributed by atoms with van der Waals surface area (Å²) in [5.74, 6) is 0.243. The van der Waals surface area contributed by atoms with Crippen LogP contribution in [0, 0.1) is 0 Å². The van der Waals surface area contributed by atoms with Crippen LogP contribution < -0.4 is 4.72 Å². The Morgan fingerprint density at radius 1 is 0.919 bits per heavy atom. The molecule has 2 atom stereocenters. The van der Waals surface area contributed by atoms with Gasteiger partial charge in [0.1, 0.15) is 5.75 Å². The van der Waals surface area contributed by atoms with Crippen molar-refractivity contribution in [1.82, 2.24) is 4.72 Å². The normalized spacial score (nSPS) is 19.5. The predicted octanol–water partition coefficient (Wildman–Crippen LogP) is 6.85. The molecule has 1 aliphatic carbocycles. The molecule has 0 unspecified atom stereocenters. The van der Waals surface area contributed by atoms with Crippen molar-refractivity contribution in [1.29, 1.82) is 0 Å². The van der Waals surface area contributed by atoms with E-state index < -0.39 is 10.0 Å². The van der Waals surface area contributed by atoms with Crippen LogP contribution in [0.15, 0.2) is 64.5 Å². The highest BCUT2D eigenvalue weighted by atomic mass is 32.2. The molecule has 0 saturated heterocycles. The lowest BCUT2D eigenvalue weighted by molar-refractivity contribution is 0.363. The molecule has 5 nitrogen and oxygen atoms in total. The van der Waals surface area contributed by atoms with Gasteiger partial charge in [-0.05, 0) is 46.8 Å². The van der Waals surface area contributed by atoms with Gasteiger partial charge in [-0.15, -0.1) is 0 Å². The van der Waals surface area contributed by atoms with E-state index in [1.807, 2.05) is 36.4 Å². The van der Waals surface area contributed by atoms with Gasteiger partial charge in [-0.1, -0.05) is 96.8 Å². The first-order valence-corrected chi connectivity index (χ1v) is 14.7. The number of hydrogen-bond acceptors (Lipinski definition) is 4. The van der Waals surface area contributed by atoms with E-state index in [1.54, 1.807) is 18.3 Å². The molecule has 0 heterocycles. The molecule has 0 spiro atoms. The fraction of sp³-hybridized carbons (Fsp3) is 0.452. The number of sulfonamides is 1. The van der Waals surface area contributed by atoms with Crippen molar-refractivity contribution >= 4 is 27.0 Å². The Balaban J connectivity index is 1.66. The molecule has 0 amide bonds. The van der Waals surface area contributed by atoms with Crippen LogP contribution in [0.2, 0.25) is 0 Å². The third-order valence-corrected chi connectivity index (χ3v) is 8.84. The highest BCUT2D eigenvalue weighted by molar-refractivity contribution is 7.89. The van der Waals surface area contributed by atoms with Crippen molar-refractivity contribution in [2.45, 2.75) is 95.0 Å². The lowest BCUT2D eigenvalue weighted by atomic mass is 9.79. The lowest BCUT2D eigenvalue weighted by Gasteiger charge is -2.30. The number of aromatic hydroxyl groups is 1. The number of nitrogens with one attached hydrogen (secondary N) is 1. The maximum atomic E-state index is 13.5. The summed E-state index contributed by atoms with van der Waals surface area (Å²) >= 11 is 0. The van der Waals surface area contributed by atoms with Gasteiger partial charge in [0, 0.05) is 28.8 Å². The van der Waals surface area contributed by atoms with Crippen LogP contribution in [0.25, 0.3) is 10.8 Å². The molecule has 1 aliphatic rings. The molecule has 3 aromatic carbocycles. The summed E-state index contributed by atoms with van der Waals surface area (Å²) in [6.45, 7) is 12.8. The van der Waals surface area contributed by atoms with Crippen LogP contribution in [0.4, 0.5) is 0 Å². The van der Waals surface area contributed by atoms with Gasteiger partial charge in [0.2, 0.25) is 10.0 Å². The zero-order chi connectivity index (χ0) is 27.0. The van der Waals surface area contributed by atoms with Gasteiger partial charge in [0.05, 0.1) is 10.9 Å². The maximum absolute atomic E-state index is 13.5. The molecule has 2 N–H and O–H groups in total. The second kappa shape index (κ2) is 10.2. The molecule has 37 heavy (non-hydrogen) atoms. The van der Waals surface area contributed by atoms with Crippen molar-refractivity contribution in [2.75, 3.05) is 0 Å². The zero-order valence-corrected chi connectivity index (χ0v) is 23.7. The van der Waals surface area contributed by atoms with Crippen molar-refractivity contribution in [3.05, 3.63) is 71.3 Å². The summed E-state index contributed by atoms with van der Waals surface area (Å²) in [5, 5.41) is 12.8. The lowest BCUT2D eigenvalue weighted by Crippen LogP contribution is -2.44. The smallest absolute Gasteiger partial charge is 0.241 e. The Morgan fingerprint density at radius 3 is 2.30 bits per heavy atom. The molecule has 0 aromatic heterocycles. The van der Waals surface area contributed by atoms with E-state index in [1.165, 1.54) is 0 Å². The van der Waals surface area contributed by atoms with Crippen LogP contribution in [0.5, 0.6) is 5.75 Å². The van der Waals surface area contributed by atoms with E-state index in [0.29, 0.717) is 15.8 Å². The van der Waals surface area contributed by atoms with Crippen LogP contribution in [-0.2, 0) is 20.9 Å². The van der Waals surface area contributed by atoms with E-state index in [0.717, 1.165) is 42.2 Å². The maximum Gasteiger partial charge on any atom is 0.241 e. The molecular formula is C31H40N2O3S. The monoisotopic (exact) mass is 520 g/mol. The first kappa shape index (κ1) is 27.3. The molecule has 1 saturated carbocycles. The van der Waals surface area contributed by atoms with Crippen molar-refractivity contribution in [3.8, 4) is 5.75 Å². The number of nitrogens with zero attached hydrogens (tertiary/aromatic N) is 1. The number of aliphatic imine (C=N–C) groups is 1. The Bertz CT molecular complexity index is 1410. The topological polar surface area (TPSA) is 78.8 Å². The number of phenols is 1. The predicted molar refractivity (Wildman–Crippen MR) is 153 cm³/mol. The van der Waals surface area contributed by atoms with Gasteiger partial charge in [-0.2, -0.15) is 0 Å². The standard InChI is InChI=1S/C31H40N2O3S/c1-30(2,3)23-18-22(29(34)25(19-23)31(4,5)6)20-32-26-15-9-10-16-27(26)33-37(35,36)28-17-11-13-21-12-7-8-14-24(21)28/h7-8,11-14,17-20,26-27,33-34H,9-10,15-16H2,1-6H3/t26-,27-/m1/s1. The van der Waals surface area contributed by atoms with E-state index in [-0.39, 0.29) is 28.7 Å². The third-order valence-electron chi connectivity index (χ3n) is 7.29. The van der Waals surface area contributed by atoms with Gasteiger partial charge < -0.3 is 5.11 Å². The van der Waals surface area contributed by atoms with E-state index in [2.05, 4.69) is 52.3 Å². The van der Waals surface area contributed by atoms with Crippen LogP contribution in [0.3, 0.4) is 0 Å². The van der Waals surface area contributed by atoms with Crippen LogP contribution in [0.1, 0.15) is 83.9 Å². The molecule has 1 fully saturated rings. The molecule has 6 heteroatoms. The summed E-state index contributed by atoms with van der Waals surface area (Å²) in [5.41, 5.74) is 2.39. The SMILES string of the molecule is CC(C)(C)c1cc(C=N[C@@H]2CCCC[C@H]2NS(=O)(=O)c2cccc3ccccc23)c(O)c(C(C)(C)C)c1. The minimum Gasteiger partial charge on any atom is -0.507 e. The Morgan fingerprint density at radius 2 is 1.59 bits per heavy atom. The number of hydrogen-bond donors (Lipinski definition) is 2. The second-order valence-electron chi connectivity index (χ2n) is 12.3. The minimum atomic E-state index is -3.74. The fourth-order valence-corrected chi connectivity index (χ4v) is 6.59. The van der Waals surface area contributed by atoms with Gasteiger partial charge >= 0.3 is 0 Å². The first-order valence-electron chi connectivity index (χ1n) is 13.2. The van der Waals surface area contributed by atoms with Crippen molar-refractivity contribution in [2.24, 2.45) is 4.99 Å². The minimum absolute atomic E-state index is 0.0856. The molecular weight excluding hydrogens is 480 g/mol. The number of benzene rings is 3. The Labute approximate surface area is 222 Å². The summed E-state index contributed by atoms with van der Waals surface area (Å²) in [6.07, 6.45) is 5.22. The highest BCUT2D eigenvalue weighted by Crippen LogP contribution is 2.37. The Kier molecular flexibility index (Phi) is 7.55. The number of phenolic OH excluding ortho intramolecular Hbond substituents is 1. The number of rotatable bonds is 5. The fourth-order valence-electron chi connectivity index (χ4n) is 5.06. The summed E-state index contributed by atoms with van der Waals surface area (Å²) < 4.78 is 30.0. The van der Waals surface area contributed by atoms with Gasteiger partial charge in [0.15, 0.2) is 0 Å². The number of fused-ring (bicyclic) bond motifs is 1. The van der Waals surface area contributed by atoms with Gasteiger partial charge in [-0.3, -0.25) is 4.99 Å². The first-order chi connectivity index (χ1) is 17.3. The molecule has 0 radical (unpaired) electrons. The van der Waals surface area contributed by atoms with Crippen LogP contribution >= 0.6 is 0 Å². The average molecular weight is 521 g/mol. The van der Waals surface area contributed by atoms with E-state index in [4.69, 9.17) is 4.99 Å². The quantitative estimate of drug-likeness (QED) is 0.361. The second-order valence-corrected chi connectivity index (χ2v) is 14.0. The van der Waals surface area contributed by atoms with Gasteiger partial charge in [0.25, 0.3) is 0 Å².